The summed E-state index contributed by atoms with van der Waals surface area (Å²) in [5, 5.41) is 0. The molecule has 0 saturated heterocycles. The van der Waals surface area contributed by atoms with Crippen molar-refractivity contribution in [2.75, 3.05) is 7.11 Å². The molecule has 3 aromatic carbocycles. The number of hydrogen-bond donors (Lipinski definition) is 0. The van der Waals surface area contributed by atoms with Gasteiger partial charge in [0.15, 0.2) is 0 Å². The molecule has 0 N–H and O–H groups in total. The standard InChI is InChI=1S/C26H21NO2/c1-29-21-13-11-19(12-14-21)23-17-24-22-10-6-5-7-18(22)15-16-27(24)25(23)26(28)20-8-3-2-4-9-20/h2-14,17H,15-16H2,1H3. The molecule has 142 valence electrons. The number of carbonyl (C=O) groups is 1. The number of hydrogen-bond acceptors (Lipinski definition) is 2. The number of methoxy groups -OCH3 is 1. The van der Waals surface area contributed by atoms with Gasteiger partial charge in [-0.3, -0.25) is 4.79 Å². The van der Waals surface area contributed by atoms with Crippen molar-refractivity contribution >= 4 is 5.78 Å². The van der Waals surface area contributed by atoms with Gasteiger partial charge in [-0.1, -0.05) is 66.7 Å². The molecule has 3 nitrogen and oxygen atoms in total. The third-order valence-electron chi connectivity index (χ3n) is 5.65. The molecule has 0 bridgehead atoms. The lowest BCUT2D eigenvalue weighted by molar-refractivity contribution is 0.103. The number of carbonyl (C=O) groups excluding carboxylic acids is 1. The van der Waals surface area contributed by atoms with Gasteiger partial charge in [-0.2, -0.15) is 0 Å². The van der Waals surface area contributed by atoms with E-state index in [-0.39, 0.29) is 5.78 Å². The fourth-order valence-electron chi connectivity index (χ4n) is 4.19. The molecule has 1 aliphatic rings. The van der Waals surface area contributed by atoms with E-state index in [0.29, 0.717) is 5.56 Å². The highest BCUT2D eigenvalue weighted by molar-refractivity contribution is 6.12. The molecule has 0 amide bonds. The fourth-order valence-corrected chi connectivity index (χ4v) is 4.19. The molecule has 0 radical (unpaired) electrons. The molecule has 1 aromatic heterocycles. The Morgan fingerprint density at radius 2 is 1.59 bits per heavy atom. The molecule has 4 aromatic rings. The summed E-state index contributed by atoms with van der Waals surface area (Å²) < 4.78 is 7.50. The van der Waals surface area contributed by atoms with E-state index in [2.05, 4.69) is 34.9 Å². The van der Waals surface area contributed by atoms with E-state index in [1.54, 1.807) is 7.11 Å². The van der Waals surface area contributed by atoms with Gasteiger partial charge in [0.05, 0.1) is 12.8 Å². The first-order chi connectivity index (χ1) is 14.3. The number of aryl methyl sites for hydroxylation is 1. The molecule has 5 rings (SSSR count). The summed E-state index contributed by atoms with van der Waals surface area (Å²) in [5.74, 6) is 0.862. The van der Waals surface area contributed by atoms with Crippen LogP contribution in [0.1, 0.15) is 21.6 Å². The van der Waals surface area contributed by atoms with Crippen molar-refractivity contribution in [2.45, 2.75) is 13.0 Å². The maximum Gasteiger partial charge on any atom is 0.210 e. The van der Waals surface area contributed by atoms with E-state index in [1.807, 2.05) is 54.6 Å². The molecule has 0 aliphatic carbocycles. The van der Waals surface area contributed by atoms with Crippen LogP contribution in [0.2, 0.25) is 0 Å². The number of nitrogens with zero attached hydrogens (tertiary/aromatic N) is 1. The van der Waals surface area contributed by atoms with Gasteiger partial charge in [-0.25, -0.2) is 0 Å². The maximum atomic E-state index is 13.6. The minimum absolute atomic E-state index is 0.0575. The van der Waals surface area contributed by atoms with Crippen molar-refractivity contribution in [3.05, 3.63) is 102 Å². The van der Waals surface area contributed by atoms with Gasteiger partial charge in [0.25, 0.3) is 0 Å². The number of benzene rings is 3. The van der Waals surface area contributed by atoms with Crippen LogP contribution in [0.5, 0.6) is 5.75 Å². The molecule has 0 spiro atoms. The first-order valence-corrected chi connectivity index (χ1v) is 9.82. The van der Waals surface area contributed by atoms with Crippen molar-refractivity contribution < 1.29 is 9.53 Å². The third-order valence-corrected chi connectivity index (χ3v) is 5.65. The average molecular weight is 379 g/mol. The van der Waals surface area contributed by atoms with Crippen LogP contribution in [-0.4, -0.2) is 17.5 Å². The Labute approximate surface area is 170 Å². The Balaban J connectivity index is 1.73. The van der Waals surface area contributed by atoms with Gasteiger partial charge < -0.3 is 9.30 Å². The van der Waals surface area contributed by atoms with Crippen LogP contribution >= 0.6 is 0 Å². The molecular weight excluding hydrogens is 358 g/mol. The van der Waals surface area contributed by atoms with Gasteiger partial charge in [0.1, 0.15) is 5.75 Å². The zero-order chi connectivity index (χ0) is 19.8. The fraction of sp³-hybridized carbons (Fsp3) is 0.115. The largest absolute Gasteiger partial charge is 0.497 e. The zero-order valence-corrected chi connectivity index (χ0v) is 16.3. The van der Waals surface area contributed by atoms with Crippen molar-refractivity contribution in [2.24, 2.45) is 0 Å². The first kappa shape index (κ1) is 17.5. The van der Waals surface area contributed by atoms with E-state index < -0.39 is 0 Å². The zero-order valence-electron chi connectivity index (χ0n) is 16.3. The number of ketones is 1. The van der Waals surface area contributed by atoms with Gasteiger partial charge in [0, 0.05) is 28.9 Å². The van der Waals surface area contributed by atoms with Crippen molar-refractivity contribution in [1.82, 2.24) is 4.57 Å². The molecule has 0 atom stereocenters. The molecule has 1 aliphatic heterocycles. The predicted molar refractivity (Wildman–Crippen MR) is 115 cm³/mol. The molecule has 0 saturated carbocycles. The molecule has 0 fully saturated rings. The lowest BCUT2D eigenvalue weighted by Crippen LogP contribution is -2.17. The van der Waals surface area contributed by atoms with Crippen LogP contribution in [0, 0.1) is 0 Å². The van der Waals surface area contributed by atoms with Crippen LogP contribution in [0.4, 0.5) is 0 Å². The lowest BCUT2D eigenvalue weighted by Gasteiger charge is -2.21. The molecule has 29 heavy (non-hydrogen) atoms. The second-order valence-electron chi connectivity index (χ2n) is 7.27. The molecule has 3 heteroatoms. The monoisotopic (exact) mass is 379 g/mol. The summed E-state index contributed by atoms with van der Waals surface area (Å²) in [7, 11) is 1.66. The Kier molecular flexibility index (Phi) is 4.28. The molecular formula is C26H21NO2. The molecule has 0 unspecified atom stereocenters. The van der Waals surface area contributed by atoms with E-state index in [1.165, 1.54) is 11.1 Å². The highest BCUT2D eigenvalue weighted by Gasteiger charge is 2.27. The molecule has 2 heterocycles. The number of fused-ring (bicyclic) bond motifs is 3. The summed E-state index contributed by atoms with van der Waals surface area (Å²) in [4.78, 5) is 13.6. The predicted octanol–water partition coefficient (Wildman–Crippen LogP) is 5.62. The minimum Gasteiger partial charge on any atom is -0.497 e. The Hall–Kier alpha value is -3.59. The van der Waals surface area contributed by atoms with Gasteiger partial charge in [0.2, 0.25) is 5.78 Å². The second-order valence-corrected chi connectivity index (χ2v) is 7.27. The maximum absolute atomic E-state index is 13.6. The van der Waals surface area contributed by atoms with Crippen molar-refractivity contribution in [3.8, 4) is 28.1 Å². The lowest BCUT2D eigenvalue weighted by atomic mass is 9.98. The van der Waals surface area contributed by atoms with Crippen LogP contribution in [0.3, 0.4) is 0 Å². The Morgan fingerprint density at radius 1 is 0.862 bits per heavy atom. The number of ether oxygens (including phenoxy) is 1. The summed E-state index contributed by atoms with van der Waals surface area (Å²) >= 11 is 0. The van der Waals surface area contributed by atoms with Gasteiger partial charge in [-0.15, -0.1) is 0 Å². The second kappa shape index (κ2) is 7.10. The van der Waals surface area contributed by atoms with Crippen molar-refractivity contribution in [3.63, 3.8) is 0 Å². The van der Waals surface area contributed by atoms with E-state index in [0.717, 1.165) is 41.2 Å². The van der Waals surface area contributed by atoms with Gasteiger partial charge in [-0.05, 0) is 35.7 Å². The smallest absolute Gasteiger partial charge is 0.210 e. The summed E-state index contributed by atoms with van der Waals surface area (Å²) in [5.41, 5.74) is 7.10. The van der Waals surface area contributed by atoms with E-state index in [9.17, 15) is 4.79 Å². The Bertz CT molecular complexity index is 1190. The van der Waals surface area contributed by atoms with Crippen LogP contribution in [-0.2, 0) is 13.0 Å². The average Bonchev–Trinajstić information content (AvgIpc) is 3.19. The summed E-state index contributed by atoms with van der Waals surface area (Å²) in [6.07, 6.45) is 0.926. The summed E-state index contributed by atoms with van der Waals surface area (Å²) in [6, 6.07) is 28.1. The third kappa shape index (κ3) is 2.95. The van der Waals surface area contributed by atoms with Crippen LogP contribution in [0.15, 0.2) is 84.9 Å². The summed E-state index contributed by atoms with van der Waals surface area (Å²) in [6.45, 7) is 0.802. The van der Waals surface area contributed by atoms with Crippen molar-refractivity contribution in [1.29, 1.82) is 0 Å². The van der Waals surface area contributed by atoms with Crippen LogP contribution < -0.4 is 4.74 Å². The normalized spacial score (nSPS) is 12.2. The van der Waals surface area contributed by atoms with Gasteiger partial charge >= 0.3 is 0 Å². The van der Waals surface area contributed by atoms with Crippen LogP contribution in [0.25, 0.3) is 22.4 Å². The number of aromatic nitrogens is 1. The first-order valence-electron chi connectivity index (χ1n) is 9.82. The van der Waals surface area contributed by atoms with E-state index >= 15 is 0 Å². The SMILES string of the molecule is COc1ccc(-c2cc3n(c2C(=O)c2ccccc2)CCc2ccccc2-3)cc1. The Morgan fingerprint density at radius 3 is 2.34 bits per heavy atom. The topological polar surface area (TPSA) is 31.2 Å². The highest BCUT2D eigenvalue weighted by atomic mass is 16.5. The highest BCUT2D eigenvalue weighted by Crippen LogP contribution is 2.38. The quantitative estimate of drug-likeness (QED) is 0.431. The van der Waals surface area contributed by atoms with E-state index in [4.69, 9.17) is 4.74 Å². The minimum atomic E-state index is 0.0575. The number of rotatable bonds is 4.